The molecule has 0 radical (unpaired) electrons. The summed E-state index contributed by atoms with van der Waals surface area (Å²) in [7, 11) is 1.68. The quantitative estimate of drug-likeness (QED) is 0.494. The van der Waals surface area contributed by atoms with Gasteiger partial charge in [-0.25, -0.2) is 0 Å². The summed E-state index contributed by atoms with van der Waals surface area (Å²) in [5.74, 6) is 1.57. The predicted octanol–water partition coefficient (Wildman–Crippen LogP) is 5.23. The topological polar surface area (TPSA) is 30.5 Å². The summed E-state index contributed by atoms with van der Waals surface area (Å²) in [6, 6.07) is 4.05. The third-order valence-electron chi connectivity index (χ3n) is 4.02. The highest BCUT2D eigenvalue weighted by Crippen LogP contribution is 2.34. The van der Waals surface area contributed by atoms with Crippen LogP contribution >= 0.6 is 15.9 Å². The van der Waals surface area contributed by atoms with E-state index in [1.165, 1.54) is 31.2 Å². The number of ether oxygens (including phenoxy) is 2. The van der Waals surface area contributed by atoms with Gasteiger partial charge in [0.25, 0.3) is 0 Å². The smallest absolute Gasteiger partial charge is 0.162 e. The van der Waals surface area contributed by atoms with Crippen molar-refractivity contribution < 1.29 is 9.47 Å². The molecule has 3 nitrogen and oxygen atoms in total. The molecule has 0 atom stereocenters. The minimum Gasteiger partial charge on any atom is -0.493 e. The van der Waals surface area contributed by atoms with Crippen LogP contribution in [0.25, 0.3) is 0 Å². The first kappa shape index (κ1) is 18.3. The van der Waals surface area contributed by atoms with Gasteiger partial charge < -0.3 is 14.8 Å². The SMILES string of the molecule is COc1cc(CNCCC2=CCCCC2)c(Br)cc1OC(C)C. The lowest BCUT2D eigenvalue weighted by Gasteiger charge is -2.17. The largest absolute Gasteiger partial charge is 0.493 e. The van der Waals surface area contributed by atoms with Gasteiger partial charge in [-0.3, -0.25) is 0 Å². The van der Waals surface area contributed by atoms with Gasteiger partial charge in [-0.1, -0.05) is 27.6 Å². The Morgan fingerprint density at radius 3 is 2.70 bits per heavy atom. The van der Waals surface area contributed by atoms with Crippen LogP contribution in [0.4, 0.5) is 0 Å². The van der Waals surface area contributed by atoms with E-state index in [0.717, 1.165) is 35.5 Å². The maximum absolute atomic E-state index is 5.79. The van der Waals surface area contributed by atoms with Crippen molar-refractivity contribution in [1.82, 2.24) is 5.32 Å². The maximum atomic E-state index is 5.79. The van der Waals surface area contributed by atoms with Gasteiger partial charge in [-0.2, -0.15) is 0 Å². The second kappa shape index (κ2) is 9.33. The first-order valence-corrected chi connectivity index (χ1v) is 9.31. The maximum Gasteiger partial charge on any atom is 0.162 e. The van der Waals surface area contributed by atoms with Gasteiger partial charge in [0.05, 0.1) is 13.2 Å². The van der Waals surface area contributed by atoms with E-state index < -0.39 is 0 Å². The highest BCUT2D eigenvalue weighted by Gasteiger charge is 2.11. The lowest BCUT2D eigenvalue weighted by molar-refractivity contribution is 0.230. The zero-order chi connectivity index (χ0) is 16.7. The molecule has 0 spiro atoms. The standard InChI is InChI=1S/C19H28BrNO2/c1-14(2)23-19-12-17(20)16(11-18(19)22-3)13-21-10-9-15-7-5-4-6-8-15/h7,11-12,14,21H,4-6,8-10,13H2,1-3H3. The fourth-order valence-corrected chi connectivity index (χ4v) is 3.28. The lowest BCUT2D eigenvalue weighted by Crippen LogP contribution is -2.16. The molecule has 2 rings (SSSR count). The van der Waals surface area contributed by atoms with Gasteiger partial charge >= 0.3 is 0 Å². The minimum atomic E-state index is 0.128. The second-order valence-electron chi connectivity index (χ2n) is 6.30. The Hall–Kier alpha value is -1.00. The molecule has 0 heterocycles. The number of benzene rings is 1. The van der Waals surface area contributed by atoms with Gasteiger partial charge in [-0.15, -0.1) is 0 Å². The van der Waals surface area contributed by atoms with Crippen molar-refractivity contribution in [3.63, 3.8) is 0 Å². The van der Waals surface area contributed by atoms with Crippen LogP contribution < -0.4 is 14.8 Å². The monoisotopic (exact) mass is 381 g/mol. The van der Waals surface area contributed by atoms with Crippen molar-refractivity contribution in [2.24, 2.45) is 0 Å². The van der Waals surface area contributed by atoms with E-state index >= 15 is 0 Å². The average molecular weight is 382 g/mol. The van der Waals surface area contributed by atoms with Crippen molar-refractivity contribution in [3.05, 3.63) is 33.8 Å². The zero-order valence-corrected chi connectivity index (χ0v) is 16.0. The minimum absolute atomic E-state index is 0.128. The molecule has 1 aliphatic rings. The molecular weight excluding hydrogens is 354 g/mol. The molecule has 0 aromatic heterocycles. The summed E-state index contributed by atoms with van der Waals surface area (Å²) in [5, 5.41) is 3.53. The molecule has 0 saturated carbocycles. The van der Waals surface area contributed by atoms with Gasteiger partial charge in [-0.05, 0) is 70.2 Å². The summed E-state index contributed by atoms with van der Waals surface area (Å²) in [6.45, 7) is 5.88. The molecule has 0 unspecified atom stereocenters. The number of hydrogen-bond acceptors (Lipinski definition) is 3. The molecule has 23 heavy (non-hydrogen) atoms. The van der Waals surface area contributed by atoms with Crippen molar-refractivity contribution in [1.29, 1.82) is 0 Å². The van der Waals surface area contributed by atoms with Crippen molar-refractivity contribution in [2.75, 3.05) is 13.7 Å². The Labute approximate surface area is 148 Å². The molecule has 1 aromatic carbocycles. The van der Waals surface area contributed by atoms with E-state index in [2.05, 4.69) is 33.4 Å². The van der Waals surface area contributed by atoms with Crippen molar-refractivity contribution >= 4 is 15.9 Å². The molecule has 0 fully saturated rings. The van der Waals surface area contributed by atoms with Gasteiger partial charge in [0.15, 0.2) is 11.5 Å². The fraction of sp³-hybridized carbons (Fsp3) is 0.579. The Morgan fingerprint density at radius 1 is 1.22 bits per heavy atom. The third kappa shape index (κ3) is 5.85. The lowest BCUT2D eigenvalue weighted by atomic mass is 9.97. The second-order valence-corrected chi connectivity index (χ2v) is 7.15. The fourth-order valence-electron chi connectivity index (χ4n) is 2.82. The normalized spacial score (nSPS) is 14.7. The third-order valence-corrected chi connectivity index (χ3v) is 4.76. The highest BCUT2D eigenvalue weighted by atomic mass is 79.9. The van der Waals surface area contributed by atoms with E-state index in [0.29, 0.717) is 0 Å². The van der Waals surface area contributed by atoms with Crippen molar-refractivity contribution in [2.45, 2.75) is 58.6 Å². The summed E-state index contributed by atoms with van der Waals surface area (Å²) in [6.07, 6.45) is 8.95. The van der Waals surface area contributed by atoms with Crippen LogP contribution in [-0.2, 0) is 6.54 Å². The Balaban J connectivity index is 1.90. The van der Waals surface area contributed by atoms with E-state index in [4.69, 9.17) is 9.47 Å². The first-order valence-electron chi connectivity index (χ1n) is 8.52. The molecular formula is C19H28BrNO2. The Bertz CT molecular complexity index is 540. The molecule has 0 amide bonds. The molecule has 1 aliphatic carbocycles. The van der Waals surface area contributed by atoms with E-state index in [-0.39, 0.29) is 6.10 Å². The van der Waals surface area contributed by atoms with Gasteiger partial charge in [0.1, 0.15) is 0 Å². The van der Waals surface area contributed by atoms with Crippen LogP contribution in [-0.4, -0.2) is 19.8 Å². The molecule has 128 valence electrons. The molecule has 0 aliphatic heterocycles. The number of hydrogen-bond donors (Lipinski definition) is 1. The van der Waals surface area contributed by atoms with Gasteiger partial charge in [0, 0.05) is 11.0 Å². The molecule has 4 heteroatoms. The zero-order valence-electron chi connectivity index (χ0n) is 14.5. The Morgan fingerprint density at radius 2 is 2.04 bits per heavy atom. The number of methoxy groups -OCH3 is 1. The average Bonchev–Trinajstić information content (AvgIpc) is 2.53. The number of rotatable bonds is 8. The van der Waals surface area contributed by atoms with Crippen LogP contribution in [0.15, 0.2) is 28.3 Å². The van der Waals surface area contributed by atoms with Crippen LogP contribution in [0.2, 0.25) is 0 Å². The van der Waals surface area contributed by atoms with E-state index in [1.54, 1.807) is 12.7 Å². The summed E-state index contributed by atoms with van der Waals surface area (Å²) < 4.78 is 12.3. The summed E-state index contributed by atoms with van der Waals surface area (Å²) in [4.78, 5) is 0. The number of allylic oxidation sites excluding steroid dienone is 1. The van der Waals surface area contributed by atoms with E-state index in [1.807, 2.05) is 19.9 Å². The number of nitrogens with one attached hydrogen (secondary N) is 1. The highest BCUT2D eigenvalue weighted by molar-refractivity contribution is 9.10. The molecule has 0 saturated heterocycles. The molecule has 1 N–H and O–H groups in total. The Kier molecular flexibility index (Phi) is 7.44. The van der Waals surface area contributed by atoms with Crippen molar-refractivity contribution in [3.8, 4) is 11.5 Å². The first-order chi connectivity index (χ1) is 11.1. The van der Waals surface area contributed by atoms with Crippen LogP contribution in [0.1, 0.15) is 51.5 Å². The molecule has 1 aromatic rings. The summed E-state index contributed by atoms with van der Waals surface area (Å²) in [5.41, 5.74) is 2.80. The van der Waals surface area contributed by atoms with Crippen LogP contribution in [0.5, 0.6) is 11.5 Å². The van der Waals surface area contributed by atoms with E-state index in [9.17, 15) is 0 Å². The van der Waals surface area contributed by atoms with Crippen LogP contribution in [0, 0.1) is 0 Å². The molecule has 0 bridgehead atoms. The predicted molar refractivity (Wildman–Crippen MR) is 99.3 cm³/mol. The van der Waals surface area contributed by atoms with Crippen LogP contribution in [0.3, 0.4) is 0 Å². The number of halogens is 1. The summed E-state index contributed by atoms with van der Waals surface area (Å²) >= 11 is 3.64. The van der Waals surface area contributed by atoms with Gasteiger partial charge in [0.2, 0.25) is 0 Å².